The van der Waals surface area contributed by atoms with Crippen molar-refractivity contribution >= 4 is 35.2 Å². The molecule has 0 aliphatic rings. The van der Waals surface area contributed by atoms with E-state index in [9.17, 15) is 4.79 Å². The van der Waals surface area contributed by atoms with Gasteiger partial charge in [-0.2, -0.15) is 0 Å². The molecule has 2 aromatic heterocycles. The first-order chi connectivity index (χ1) is 13.0. The van der Waals surface area contributed by atoms with Crippen molar-refractivity contribution in [3.63, 3.8) is 0 Å². The summed E-state index contributed by atoms with van der Waals surface area (Å²) in [6, 6.07) is 8.56. The van der Waals surface area contributed by atoms with Gasteiger partial charge in [0, 0.05) is 22.7 Å². The molecular weight excluding hydrogens is 389 g/mol. The number of rotatable bonds is 7. The Balaban J connectivity index is 1.71. The lowest BCUT2D eigenvalue weighted by Crippen LogP contribution is -2.29. The summed E-state index contributed by atoms with van der Waals surface area (Å²) in [5.41, 5.74) is 0.746. The Hall–Kier alpha value is -2.57. The molecule has 0 unspecified atom stereocenters. The molecule has 0 bridgehead atoms. The molecule has 140 valence electrons. The van der Waals surface area contributed by atoms with Gasteiger partial charge in [0.15, 0.2) is 5.76 Å². The zero-order valence-corrected chi connectivity index (χ0v) is 16.1. The summed E-state index contributed by atoms with van der Waals surface area (Å²) in [5.74, 6) is 0.927. The zero-order chi connectivity index (χ0) is 19.2. The fraction of sp³-hybridized carbons (Fsp3) is 0.211. The predicted octanol–water partition coefficient (Wildman–Crippen LogP) is 5.09. The quantitative estimate of drug-likeness (QED) is 0.511. The molecule has 0 spiro atoms. The van der Waals surface area contributed by atoms with Crippen molar-refractivity contribution in [3.05, 3.63) is 64.2 Å². The third-order valence-electron chi connectivity index (χ3n) is 3.63. The van der Waals surface area contributed by atoms with Crippen molar-refractivity contribution in [2.75, 3.05) is 6.54 Å². The predicted molar refractivity (Wildman–Crippen MR) is 103 cm³/mol. The molecule has 27 heavy (non-hydrogen) atoms. The zero-order valence-electron chi connectivity index (χ0n) is 14.6. The molecular formula is C19H17Cl2N3O3. The van der Waals surface area contributed by atoms with Crippen molar-refractivity contribution in [1.82, 2.24) is 15.1 Å². The number of aromatic nitrogens is 2. The fourth-order valence-electron chi connectivity index (χ4n) is 2.46. The second kappa shape index (κ2) is 8.88. The van der Waals surface area contributed by atoms with E-state index in [-0.39, 0.29) is 18.3 Å². The van der Waals surface area contributed by atoms with Gasteiger partial charge in [0.25, 0.3) is 5.89 Å². The van der Waals surface area contributed by atoms with E-state index in [4.69, 9.17) is 32.0 Å². The van der Waals surface area contributed by atoms with E-state index in [2.05, 4.69) is 10.2 Å². The summed E-state index contributed by atoms with van der Waals surface area (Å²) >= 11 is 12.0. The maximum absolute atomic E-state index is 12.6. The lowest BCUT2D eigenvalue weighted by Gasteiger charge is -2.18. The molecule has 0 radical (unpaired) electrons. The van der Waals surface area contributed by atoms with E-state index in [1.165, 1.54) is 12.3 Å². The monoisotopic (exact) mass is 405 g/mol. The molecule has 1 aromatic carbocycles. The van der Waals surface area contributed by atoms with Gasteiger partial charge >= 0.3 is 0 Å². The number of nitrogens with zero attached hydrogens (tertiary/aromatic N) is 3. The highest BCUT2D eigenvalue weighted by molar-refractivity contribution is 6.34. The Bertz CT molecular complexity index is 915. The second-order valence-electron chi connectivity index (χ2n) is 5.77. The Kier molecular flexibility index (Phi) is 6.32. The highest BCUT2D eigenvalue weighted by atomic mass is 35.5. The number of furan rings is 1. The molecule has 3 aromatic rings. The molecule has 0 atom stereocenters. The van der Waals surface area contributed by atoms with Crippen molar-refractivity contribution in [2.24, 2.45) is 0 Å². The number of benzene rings is 1. The molecule has 2 heterocycles. The van der Waals surface area contributed by atoms with E-state index in [0.717, 1.165) is 12.0 Å². The third kappa shape index (κ3) is 5.21. The fourth-order valence-corrected chi connectivity index (χ4v) is 3.00. The highest BCUT2D eigenvalue weighted by Crippen LogP contribution is 2.21. The number of hydrogen-bond donors (Lipinski definition) is 0. The average molecular weight is 406 g/mol. The van der Waals surface area contributed by atoms with Crippen LogP contribution >= 0.6 is 23.2 Å². The first kappa shape index (κ1) is 19.2. The summed E-state index contributed by atoms with van der Waals surface area (Å²) in [7, 11) is 0. The van der Waals surface area contributed by atoms with Crippen LogP contribution in [0.5, 0.6) is 0 Å². The number of carbonyl (C=O) groups is 1. The number of halogens is 2. The van der Waals surface area contributed by atoms with Gasteiger partial charge in [0.05, 0.1) is 12.8 Å². The maximum atomic E-state index is 12.6. The van der Waals surface area contributed by atoms with Gasteiger partial charge < -0.3 is 13.7 Å². The smallest absolute Gasteiger partial charge is 0.283 e. The Morgan fingerprint density at radius 2 is 2.00 bits per heavy atom. The molecule has 0 saturated carbocycles. The van der Waals surface area contributed by atoms with Crippen molar-refractivity contribution in [2.45, 2.75) is 19.9 Å². The van der Waals surface area contributed by atoms with E-state index >= 15 is 0 Å². The third-order valence-corrected chi connectivity index (χ3v) is 4.07. The summed E-state index contributed by atoms with van der Waals surface area (Å²) < 4.78 is 10.8. The molecule has 0 aliphatic carbocycles. The topological polar surface area (TPSA) is 72.4 Å². The van der Waals surface area contributed by atoms with Gasteiger partial charge in [-0.1, -0.05) is 30.1 Å². The van der Waals surface area contributed by atoms with Gasteiger partial charge in [-0.15, -0.1) is 10.2 Å². The van der Waals surface area contributed by atoms with Gasteiger partial charge in [0.1, 0.15) is 0 Å². The van der Waals surface area contributed by atoms with Gasteiger partial charge in [-0.3, -0.25) is 4.79 Å². The molecule has 3 rings (SSSR count). The molecule has 0 fully saturated rings. The normalized spacial score (nSPS) is 11.2. The van der Waals surface area contributed by atoms with Gasteiger partial charge in [-0.25, -0.2) is 0 Å². The molecule has 0 saturated heterocycles. The van der Waals surface area contributed by atoms with Crippen molar-refractivity contribution in [1.29, 1.82) is 0 Å². The van der Waals surface area contributed by atoms with E-state index < -0.39 is 0 Å². The van der Waals surface area contributed by atoms with Gasteiger partial charge in [-0.05, 0) is 48.4 Å². The largest absolute Gasteiger partial charge is 0.459 e. The van der Waals surface area contributed by atoms with E-state index in [0.29, 0.717) is 28.2 Å². The van der Waals surface area contributed by atoms with Crippen molar-refractivity contribution < 1.29 is 13.6 Å². The Morgan fingerprint density at radius 3 is 2.67 bits per heavy atom. The lowest BCUT2D eigenvalue weighted by atomic mass is 10.2. The average Bonchev–Trinajstić information content (AvgIpc) is 3.30. The summed E-state index contributed by atoms with van der Waals surface area (Å²) in [5, 5.41) is 8.96. The second-order valence-corrected chi connectivity index (χ2v) is 6.65. The van der Waals surface area contributed by atoms with Crippen LogP contribution in [0.1, 0.15) is 24.8 Å². The minimum atomic E-state index is -0.175. The highest BCUT2D eigenvalue weighted by Gasteiger charge is 2.16. The number of carbonyl (C=O) groups excluding carboxylic acids is 1. The lowest BCUT2D eigenvalue weighted by molar-refractivity contribution is -0.126. The summed E-state index contributed by atoms with van der Waals surface area (Å²) in [4.78, 5) is 14.2. The van der Waals surface area contributed by atoms with Crippen LogP contribution in [0.15, 0.2) is 51.5 Å². The standard InChI is InChI=1S/C19H17Cl2N3O3/c1-2-7-24(12-17-22-23-19(27-17)16-4-3-8-26-16)18(25)6-5-13-9-14(20)11-15(21)10-13/h3-6,8-11H,2,7,12H2,1H3/b6-5+. The summed E-state index contributed by atoms with van der Waals surface area (Å²) in [6.45, 7) is 2.75. The SMILES string of the molecule is CCCN(Cc1nnc(-c2ccco2)o1)C(=O)/C=C/c1cc(Cl)cc(Cl)c1. The minimum absolute atomic E-state index is 0.175. The number of hydrogen-bond acceptors (Lipinski definition) is 5. The van der Waals surface area contributed by atoms with Crippen molar-refractivity contribution in [3.8, 4) is 11.7 Å². The number of amides is 1. The Morgan fingerprint density at radius 1 is 1.22 bits per heavy atom. The molecule has 0 aliphatic heterocycles. The van der Waals surface area contributed by atoms with Crippen LogP contribution in [0.3, 0.4) is 0 Å². The Labute approximate surface area is 166 Å². The first-order valence-corrected chi connectivity index (χ1v) is 9.10. The molecule has 1 amide bonds. The molecule has 6 nitrogen and oxygen atoms in total. The molecule has 0 N–H and O–H groups in total. The maximum Gasteiger partial charge on any atom is 0.283 e. The van der Waals surface area contributed by atoms with Crippen LogP contribution < -0.4 is 0 Å². The van der Waals surface area contributed by atoms with Crippen LogP contribution in [-0.4, -0.2) is 27.5 Å². The van der Waals surface area contributed by atoms with Crippen LogP contribution in [0, 0.1) is 0 Å². The van der Waals surface area contributed by atoms with Crippen LogP contribution in [-0.2, 0) is 11.3 Å². The minimum Gasteiger partial charge on any atom is -0.459 e. The van der Waals surface area contributed by atoms with Gasteiger partial charge in [0.2, 0.25) is 11.8 Å². The van der Waals surface area contributed by atoms with Crippen LogP contribution in [0.4, 0.5) is 0 Å². The van der Waals surface area contributed by atoms with Crippen LogP contribution in [0.25, 0.3) is 17.7 Å². The van der Waals surface area contributed by atoms with Crippen LogP contribution in [0.2, 0.25) is 10.0 Å². The van der Waals surface area contributed by atoms with E-state index in [1.54, 1.807) is 41.3 Å². The van der Waals surface area contributed by atoms with E-state index in [1.807, 2.05) is 6.92 Å². The first-order valence-electron chi connectivity index (χ1n) is 8.34. The molecule has 8 heteroatoms. The summed E-state index contributed by atoms with van der Waals surface area (Å²) in [6.07, 6.45) is 5.47.